The van der Waals surface area contributed by atoms with E-state index < -0.39 is 10.2 Å². The van der Waals surface area contributed by atoms with Crippen LogP contribution < -0.4 is 10.5 Å². The van der Waals surface area contributed by atoms with Crippen LogP contribution in [0.3, 0.4) is 0 Å². The van der Waals surface area contributed by atoms with Gasteiger partial charge in [-0.1, -0.05) is 18.6 Å². The third kappa shape index (κ3) is 3.46. The molecule has 1 aliphatic rings. The highest BCUT2D eigenvalue weighted by Crippen LogP contribution is 2.21. The number of anilines is 1. The predicted octanol–water partition coefficient (Wildman–Crippen LogP) is 1.60. The van der Waals surface area contributed by atoms with Gasteiger partial charge in [-0.25, -0.2) is 0 Å². The van der Waals surface area contributed by atoms with Crippen LogP contribution >= 0.6 is 0 Å². The second kappa shape index (κ2) is 5.90. The third-order valence-corrected chi connectivity index (χ3v) is 4.95. The van der Waals surface area contributed by atoms with E-state index in [2.05, 4.69) is 4.72 Å². The average Bonchev–Trinajstić information content (AvgIpc) is 2.42. The first-order valence-electron chi connectivity index (χ1n) is 6.60. The molecular formula is C13H21N3O2S. The number of nitrogens with one attached hydrogen (secondary N) is 1. The zero-order chi connectivity index (χ0) is 13.9. The summed E-state index contributed by atoms with van der Waals surface area (Å²) < 4.78 is 28.8. The fraction of sp³-hybridized carbons (Fsp3) is 0.538. The van der Waals surface area contributed by atoms with Gasteiger partial charge >= 0.3 is 10.2 Å². The molecule has 0 radical (unpaired) electrons. The lowest BCUT2D eigenvalue weighted by Crippen LogP contribution is -2.39. The predicted molar refractivity (Wildman–Crippen MR) is 77.0 cm³/mol. The maximum absolute atomic E-state index is 12.3. The van der Waals surface area contributed by atoms with E-state index in [1.807, 2.05) is 19.1 Å². The van der Waals surface area contributed by atoms with Gasteiger partial charge in [-0.3, -0.25) is 4.72 Å². The molecule has 2 rings (SSSR count). The second-order valence-electron chi connectivity index (χ2n) is 4.92. The molecule has 3 N–H and O–H groups in total. The molecule has 0 unspecified atom stereocenters. The summed E-state index contributed by atoms with van der Waals surface area (Å²) in [5.41, 5.74) is 8.03. The monoisotopic (exact) mass is 283 g/mol. The van der Waals surface area contributed by atoms with E-state index >= 15 is 0 Å². The molecule has 0 saturated carbocycles. The highest BCUT2D eigenvalue weighted by molar-refractivity contribution is 7.90. The Labute approximate surface area is 115 Å². The van der Waals surface area contributed by atoms with Crippen molar-refractivity contribution in [2.45, 2.75) is 32.7 Å². The second-order valence-corrected chi connectivity index (χ2v) is 6.59. The molecule has 1 aromatic carbocycles. The summed E-state index contributed by atoms with van der Waals surface area (Å²) >= 11 is 0. The van der Waals surface area contributed by atoms with E-state index in [1.165, 1.54) is 4.31 Å². The number of hydrogen-bond acceptors (Lipinski definition) is 3. The molecule has 1 aliphatic heterocycles. The molecule has 0 amide bonds. The van der Waals surface area contributed by atoms with Gasteiger partial charge in [0.25, 0.3) is 0 Å². The van der Waals surface area contributed by atoms with Gasteiger partial charge in [0.1, 0.15) is 0 Å². The molecule has 1 saturated heterocycles. The van der Waals surface area contributed by atoms with Crippen molar-refractivity contribution in [2.75, 3.05) is 17.8 Å². The zero-order valence-corrected chi connectivity index (χ0v) is 12.0. The highest BCUT2D eigenvalue weighted by Gasteiger charge is 2.24. The number of nitrogens with zero attached hydrogens (tertiary/aromatic N) is 1. The Bertz CT molecular complexity index is 537. The molecular weight excluding hydrogens is 262 g/mol. The van der Waals surface area contributed by atoms with Gasteiger partial charge in [0, 0.05) is 19.6 Å². The van der Waals surface area contributed by atoms with Crippen LogP contribution in [-0.4, -0.2) is 25.8 Å². The topological polar surface area (TPSA) is 75.4 Å². The maximum Gasteiger partial charge on any atom is 0.301 e. The summed E-state index contributed by atoms with van der Waals surface area (Å²) in [6.45, 7) is 3.49. The Morgan fingerprint density at radius 2 is 1.95 bits per heavy atom. The molecule has 1 heterocycles. The number of benzene rings is 1. The van der Waals surface area contributed by atoms with Gasteiger partial charge < -0.3 is 5.73 Å². The first-order chi connectivity index (χ1) is 9.03. The molecule has 0 aromatic heterocycles. The molecule has 1 aromatic rings. The molecule has 5 nitrogen and oxygen atoms in total. The lowest BCUT2D eigenvalue weighted by atomic mass is 10.1. The summed E-state index contributed by atoms with van der Waals surface area (Å²) in [5.74, 6) is 0. The number of hydrogen-bond donors (Lipinski definition) is 2. The van der Waals surface area contributed by atoms with Crippen molar-refractivity contribution in [3.63, 3.8) is 0 Å². The Kier molecular flexibility index (Phi) is 4.44. The minimum Gasteiger partial charge on any atom is -0.326 e. The van der Waals surface area contributed by atoms with Crippen LogP contribution in [0.5, 0.6) is 0 Å². The van der Waals surface area contributed by atoms with Crippen LogP contribution in [-0.2, 0) is 16.8 Å². The highest BCUT2D eigenvalue weighted by atomic mass is 32.2. The lowest BCUT2D eigenvalue weighted by molar-refractivity contribution is 0.349. The Hall–Kier alpha value is -1.11. The third-order valence-electron chi connectivity index (χ3n) is 3.43. The van der Waals surface area contributed by atoms with Crippen molar-refractivity contribution in [2.24, 2.45) is 5.73 Å². The summed E-state index contributed by atoms with van der Waals surface area (Å²) in [4.78, 5) is 0. The Morgan fingerprint density at radius 3 is 2.58 bits per heavy atom. The van der Waals surface area contributed by atoms with Crippen molar-refractivity contribution in [1.29, 1.82) is 0 Å². The minimum absolute atomic E-state index is 0.402. The van der Waals surface area contributed by atoms with Gasteiger partial charge in [-0.05, 0) is 37.0 Å². The number of piperidine rings is 1. The van der Waals surface area contributed by atoms with E-state index in [9.17, 15) is 8.42 Å². The quantitative estimate of drug-likeness (QED) is 0.881. The fourth-order valence-corrected chi connectivity index (χ4v) is 3.58. The Balaban J connectivity index is 2.19. The van der Waals surface area contributed by atoms with Crippen LogP contribution in [0.2, 0.25) is 0 Å². The van der Waals surface area contributed by atoms with Crippen LogP contribution in [0.1, 0.15) is 30.4 Å². The van der Waals surface area contributed by atoms with Crippen molar-refractivity contribution in [3.05, 3.63) is 29.3 Å². The normalized spacial score (nSPS) is 17.4. The van der Waals surface area contributed by atoms with E-state index in [-0.39, 0.29) is 0 Å². The average molecular weight is 283 g/mol. The van der Waals surface area contributed by atoms with Crippen molar-refractivity contribution >= 4 is 15.9 Å². The number of rotatable bonds is 4. The zero-order valence-electron chi connectivity index (χ0n) is 11.2. The van der Waals surface area contributed by atoms with E-state index in [1.54, 1.807) is 6.07 Å². The molecule has 1 fully saturated rings. The van der Waals surface area contributed by atoms with Crippen molar-refractivity contribution in [3.8, 4) is 0 Å². The summed E-state index contributed by atoms with van der Waals surface area (Å²) in [7, 11) is -3.44. The van der Waals surface area contributed by atoms with E-state index in [0.717, 1.165) is 30.4 Å². The number of nitrogens with two attached hydrogens (primary N) is 1. The first-order valence-corrected chi connectivity index (χ1v) is 8.04. The van der Waals surface area contributed by atoms with Crippen LogP contribution in [0.15, 0.2) is 18.2 Å². The molecule has 19 heavy (non-hydrogen) atoms. The van der Waals surface area contributed by atoms with Gasteiger partial charge in [0.2, 0.25) is 0 Å². The summed E-state index contributed by atoms with van der Waals surface area (Å²) in [6, 6.07) is 5.60. The maximum atomic E-state index is 12.3. The minimum atomic E-state index is -3.44. The van der Waals surface area contributed by atoms with Gasteiger partial charge in [0.15, 0.2) is 0 Å². The van der Waals surface area contributed by atoms with Gasteiger partial charge in [0.05, 0.1) is 5.69 Å². The van der Waals surface area contributed by atoms with Gasteiger partial charge in [-0.2, -0.15) is 12.7 Å². The molecule has 0 atom stereocenters. The van der Waals surface area contributed by atoms with Crippen LogP contribution in [0.25, 0.3) is 0 Å². The largest absolute Gasteiger partial charge is 0.326 e. The number of aryl methyl sites for hydroxylation is 1. The molecule has 0 spiro atoms. The van der Waals surface area contributed by atoms with Gasteiger partial charge in [-0.15, -0.1) is 0 Å². The first kappa shape index (κ1) is 14.3. The molecule has 0 bridgehead atoms. The molecule has 106 valence electrons. The van der Waals surface area contributed by atoms with Crippen LogP contribution in [0, 0.1) is 6.92 Å². The molecule has 0 aliphatic carbocycles. The SMILES string of the molecule is Cc1ccc(CN)cc1NS(=O)(=O)N1CCCCC1. The smallest absolute Gasteiger partial charge is 0.301 e. The van der Waals surface area contributed by atoms with Crippen molar-refractivity contribution in [1.82, 2.24) is 4.31 Å². The summed E-state index contributed by atoms with van der Waals surface area (Å²) in [6.07, 6.45) is 2.97. The van der Waals surface area contributed by atoms with E-state index in [4.69, 9.17) is 5.73 Å². The molecule has 6 heteroatoms. The lowest BCUT2D eigenvalue weighted by Gasteiger charge is -2.26. The summed E-state index contributed by atoms with van der Waals surface area (Å²) in [5, 5.41) is 0. The van der Waals surface area contributed by atoms with Crippen LogP contribution in [0.4, 0.5) is 5.69 Å². The Morgan fingerprint density at radius 1 is 1.26 bits per heavy atom. The van der Waals surface area contributed by atoms with E-state index in [0.29, 0.717) is 25.3 Å². The fourth-order valence-electron chi connectivity index (χ4n) is 2.21. The van der Waals surface area contributed by atoms with Crippen molar-refractivity contribution < 1.29 is 8.42 Å². The standard InChI is InChI=1S/C13H21N3O2S/c1-11-5-6-12(10-14)9-13(11)15-19(17,18)16-7-3-2-4-8-16/h5-6,9,15H,2-4,7-8,10,14H2,1H3.